The number of likely N-dealkylation sites (tertiary alicyclic amines) is 1. The van der Waals surface area contributed by atoms with Gasteiger partial charge in [0.15, 0.2) is 0 Å². The van der Waals surface area contributed by atoms with Crippen LogP contribution in [-0.4, -0.2) is 39.9 Å². The maximum absolute atomic E-state index is 13.8. The normalized spacial score (nSPS) is 15.6. The number of hydrogen-bond acceptors (Lipinski definition) is 5. The zero-order chi connectivity index (χ0) is 27.4. The van der Waals surface area contributed by atoms with Crippen LogP contribution < -0.4 is 5.32 Å². The highest BCUT2D eigenvalue weighted by molar-refractivity contribution is 5.95. The van der Waals surface area contributed by atoms with Gasteiger partial charge in [-0.05, 0) is 43.0 Å². The van der Waals surface area contributed by atoms with Crippen molar-refractivity contribution in [1.29, 1.82) is 0 Å². The zero-order valence-electron chi connectivity index (χ0n) is 22.6. The van der Waals surface area contributed by atoms with Gasteiger partial charge in [-0.3, -0.25) is 9.59 Å². The topological polar surface area (TPSA) is 88.3 Å². The lowest BCUT2D eigenvalue weighted by molar-refractivity contribution is -0.129. The lowest BCUT2D eigenvalue weighted by atomic mass is 9.71. The average Bonchev–Trinajstić information content (AvgIpc) is 3.49. The molecular weight excluding hydrogens is 488 g/mol. The van der Waals surface area contributed by atoms with E-state index in [9.17, 15) is 9.59 Å². The molecular formula is C32H34N4O3. The third-order valence-corrected chi connectivity index (χ3v) is 7.64. The van der Waals surface area contributed by atoms with Crippen molar-refractivity contribution in [2.24, 2.45) is 0 Å². The summed E-state index contributed by atoms with van der Waals surface area (Å²) >= 11 is 0. The molecule has 1 aromatic heterocycles. The second-order valence-electron chi connectivity index (χ2n) is 10.5. The molecule has 0 bridgehead atoms. The summed E-state index contributed by atoms with van der Waals surface area (Å²) in [5, 5.41) is 7.30. The number of carbonyl (C=O) groups is 2. The molecule has 0 radical (unpaired) electrons. The van der Waals surface area contributed by atoms with Gasteiger partial charge in [0.05, 0.1) is 11.5 Å². The summed E-state index contributed by atoms with van der Waals surface area (Å²) < 4.78 is 5.31. The van der Waals surface area contributed by atoms with E-state index in [1.165, 1.54) is 0 Å². The predicted molar refractivity (Wildman–Crippen MR) is 150 cm³/mol. The number of rotatable bonds is 7. The van der Waals surface area contributed by atoms with Gasteiger partial charge in [-0.25, -0.2) is 0 Å². The summed E-state index contributed by atoms with van der Waals surface area (Å²) in [7, 11) is 0. The van der Waals surface area contributed by atoms with E-state index in [0.29, 0.717) is 43.2 Å². The fraction of sp³-hybridized carbons (Fsp3) is 0.312. The number of amides is 2. The summed E-state index contributed by atoms with van der Waals surface area (Å²) in [4.78, 5) is 33.5. The van der Waals surface area contributed by atoms with Crippen LogP contribution in [0.5, 0.6) is 0 Å². The Balaban J connectivity index is 1.30. The van der Waals surface area contributed by atoms with E-state index in [1.54, 1.807) is 12.1 Å². The fourth-order valence-electron chi connectivity index (χ4n) is 5.19. The average molecular weight is 523 g/mol. The number of aromatic nitrogens is 2. The smallest absolute Gasteiger partial charge is 0.253 e. The third kappa shape index (κ3) is 5.48. The molecule has 4 aromatic rings. The molecule has 7 nitrogen and oxygen atoms in total. The van der Waals surface area contributed by atoms with Gasteiger partial charge < -0.3 is 14.7 Å². The Morgan fingerprint density at radius 2 is 1.49 bits per heavy atom. The Kier molecular flexibility index (Phi) is 7.59. The van der Waals surface area contributed by atoms with E-state index in [1.807, 2.05) is 98.5 Å². The molecule has 2 amide bonds. The number of benzene rings is 3. The van der Waals surface area contributed by atoms with Gasteiger partial charge in [0.1, 0.15) is 0 Å². The zero-order valence-corrected chi connectivity index (χ0v) is 22.6. The van der Waals surface area contributed by atoms with Gasteiger partial charge in [-0.2, -0.15) is 4.98 Å². The van der Waals surface area contributed by atoms with E-state index in [2.05, 4.69) is 15.5 Å². The van der Waals surface area contributed by atoms with Crippen molar-refractivity contribution < 1.29 is 14.1 Å². The first-order valence-corrected chi connectivity index (χ1v) is 13.5. The van der Waals surface area contributed by atoms with Crippen LogP contribution in [0.15, 0.2) is 89.5 Å². The molecule has 5 rings (SSSR count). The highest BCUT2D eigenvalue weighted by Crippen LogP contribution is 2.37. The number of hydrogen-bond donors (Lipinski definition) is 1. The monoisotopic (exact) mass is 522 g/mol. The molecule has 1 saturated heterocycles. The second kappa shape index (κ2) is 11.2. The number of nitrogens with one attached hydrogen (secondary N) is 1. The molecule has 0 spiro atoms. The minimum Gasteiger partial charge on any atom is -0.349 e. The first-order chi connectivity index (χ1) is 18.9. The highest BCUT2D eigenvalue weighted by atomic mass is 16.5. The lowest BCUT2D eigenvalue weighted by Gasteiger charge is -2.41. The van der Waals surface area contributed by atoms with Crippen LogP contribution in [0.1, 0.15) is 72.9 Å². The van der Waals surface area contributed by atoms with Crippen molar-refractivity contribution in [2.45, 2.75) is 51.0 Å². The largest absolute Gasteiger partial charge is 0.349 e. The first-order valence-electron chi connectivity index (χ1n) is 13.5. The Hall–Kier alpha value is -4.26. The molecule has 1 aliphatic heterocycles. The summed E-state index contributed by atoms with van der Waals surface area (Å²) in [6.07, 6.45) is 1.10. The molecule has 1 fully saturated rings. The third-order valence-electron chi connectivity index (χ3n) is 7.64. The van der Waals surface area contributed by atoms with Crippen LogP contribution in [0.25, 0.3) is 11.4 Å². The van der Waals surface area contributed by atoms with Gasteiger partial charge in [0, 0.05) is 30.1 Å². The second-order valence-corrected chi connectivity index (χ2v) is 10.5. The molecule has 7 heteroatoms. The van der Waals surface area contributed by atoms with Gasteiger partial charge in [0.2, 0.25) is 17.6 Å². The van der Waals surface area contributed by atoms with Crippen molar-refractivity contribution in [3.05, 3.63) is 108 Å². The minimum atomic E-state index is -0.697. The van der Waals surface area contributed by atoms with E-state index >= 15 is 0 Å². The molecule has 0 unspecified atom stereocenters. The molecule has 0 saturated carbocycles. The van der Waals surface area contributed by atoms with Crippen molar-refractivity contribution >= 4 is 11.8 Å². The molecule has 1 N–H and O–H groups in total. The maximum atomic E-state index is 13.8. The van der Waals surface area contributed by atoms with Crippen molar-refractivity contribution in [3.8, 4) is 11.4 Å². The number of piperidine rings is 1. The Bertz CT molecular complexity index is 1410. The Morgan fingerprint density at radius 1 is 0.872 bits per heavy atom. The SMILES string of the molecule is CC(C)c1nc(-c2ccc(C(=O)N3CCC(C(=O)N[C@@H](C)c4ccccc4)(c4ccccc4)CC3)cc2)no1. The molecule has 39 heavy (non-hydrogen) atoms. The Labute approximate surface area is 229 Å². The molecule has 200 valence electrons. The van der Waals surface area contributed by atoms with Crippen LogP contribution >= 0.6 is 0 Å². The maximum Gasteiger partial charge on any atom is 0.253 e. The molecule has 3 aromatic carbocycles. The minimum absolute atomic E-state index is 0.00221. The van der Waals surface area contributed by atoms with Crippen LogP contribution in [0.3, 0.4) is 0 Å². The predicted octanol–water partition coefficient (Wildman–Crippen LogP) is 5.91. The summed E-state index contributed by atoms with van der Waals surface area (Å²) in [5.74, 6) is 1.21. The number of nitrogens with zero attached hydrogens (tertiary/aromatic N) is 3. The van der Waals surface area contributed by atoms with Crippen molar-refractivity contribution in [2.75, 3.05) is 13.1 Å². The van der Waals surface area contributed by atoms with Gasteiger partial charge in [-0.15, -0.1) is 0 Å². The van der Waals surface area contributed by atoms with E-state index in [0.717, 1.165) is 16.7 Å². The lowest BCUT2D eigenvalue weighted by Crippen LogP contribution is -2.53. The van der Waals surface area contributed by atoms with Crippen LogP contribution in [0.4, 0.5) is 0 Å². The molecule has 1 atom stereocenters. The molecule has 0 aliphatic carbocycles. The van der Waals surface area contributed by atoms with Gasteiger partial charge in [-0.1, -0.05) is 91.8 Å². The fourth-order valence-corrected chi connectivity index (χ4v) is 5.19. The van der Waals surface area contributed by atoms with Crippen molar-refractivity contribution in [3.63, 3.8) is 0 Å². The van der Waals surface area contributed by atoms with Crippen LogP contribution in [0.2, 0.25) is 0 Å². The standard InChI is InChI=1S/C32H34N4O3/c1-22(2)29-34-28(35-39-29)25-14-16-26(17-15-25)30(37)36-20-18-32(19-21-36,27-12-8-5-9-13-27)31(38)33-23(3)24-10-6-4-7-11-24/h4-17,22-23H,18-21H2,1-3H3,(H,33,38)/t23-/m0/s1. The van der Waals surface area contributed by atoms with Crippen molar-refractivity contribution in [1.82, 2.24) is 20.4 Å². The van der Waals surface area contributed by atoms with Gasteiger partial charge in [0.25, 0.3) is 5.91 Å². The van der Waals surface area contributed by atoms with Crippen LogP contribution in [-0.2, 0) is 10.2 Å². The number of carbonyl (C=O) groups excluding carboxylic acids is 2. The first kappa shape index (κ1) is 26.4. The quantitative estimate of drug-likeness (QED) is 0.326. The summed E-state index contributed by atoms with van der Waals surface area (Å²) in [5.41, 5.74) is 2.75. The van der Waals surface area contributed by atoms with E-state index in [4.69, 9.17) is 4.52 Å². The van der Waals surface area contributed by atoms with E-state index < -0.39 is 5.41 Å². The summed E-state index contributed by atoms with van der Waals surface area (Å²) in [6.45, 7) is 6.98. The Morgan fingerprint density at radius 3 is 2.08 bits per heavy atom. The van der Waals surface area contributed by atoms with E-state index in [-0.39, 0.29) is 23.8 Å². The van der Waals surface area contributed by atoms with Crippen LogP contribution in [0, 0.1) is 0 Å². The molecule has 1 aliphatic rings. The highest BCUT2D eigenvalue weighted by Gasteiger charge is 2.44. The van der Waals surface area contributed by atoms with Gasteiger partial charge >= 0.3 is 0 Å². The summed E-state index contributed by atoms with van der Waals surface area (Å²) in [6, 6.07) is 27.1. The molecule has 2 heterocycles.